The molecule has 1 aromatic rings. The van der Waals surface area contributed by atoms with Gasteiger partial charge in [0.1, 0.15) is 0 Å². The van der Waals surface area contributed by atoms with E-state index in [2.05, 4.69) is 36.5 Å². The second kappa shape index (κ2) is 6.28. The van der Waals surface area contributed by atoms with Gasteiger partial charge in [-0.2, -0.15) is 0 Å². The van der Waals surface area contributed by atoms with E-state index >= 15 is 0 Å². The second-order valence-electron chi connectivity index (χ2n) is 4.20. The Labute approximate surface area is 96.5 Å². The average Bonchev–Trinajstić information content (AvgIpc) is 2.25. The van der Waals surface area contributed by atoms with Gasteiger partial charge >= 0.3 is 5.97 Å². The summed E-state index contributed by atoms with van der Waals surface area (Å²) in [5.74, 6) is -0.732. The zero-order chi connectivity index (χ0) is 12.0. The molecule has 1 aromatic carbocycles. The van der Waals surface area contributed by atoms with Crippen LogP contribution < -0.4 is 5.32 Å². The third-order valence-corrected chi connectivity index (χ3v) is 2.57. The molecule has 3 nitrogen and oxygen atoms in total. The Morgan fingerprint density at radius 1 is 1.38 bits per heavy atom. The lowest BCUT2D eigenvalue weighted by Crippen LogP contribution is -2.26. The minimum absolute atomic E-state index is 0.224. The molecule has 0 amide bonds. The van der Waals surface area contributed by atoms with Crippen LogP contribution in [0.5, 0.6) is 0 Å². The van der Waals surface area contributed by atoms with Crippen LogP contribution in [0.3, 0.4) is 0 Å². The van der Waals surface area contributed by atoms with Crippen molar-refractivity contribution in [1.82, 2.24) is 5.32 Å². The molecular weight excluding hydrogens is 202 g/mol. The zero-order valence-corrected chi connectivity index (χ0v) is 9.86. The summed E-state index contributed by atoms with van der Waals surface area (Å²) in [5.41, 5.74) is 2.48. The number of benzene rings is 1. The molecule has 0 bridgehead atoms. The highest BCUT2D eigenvalue weighted by atomic mass is 16.4. The monoisotopic (exact) mass is 221 g/mol. The van der Waals surface area contributed by atoms with E-state index in [0.29, 0.717) is 6.42 Å². The summed E-state index contributed by atoms with van der Waals surface area (Å²) >= 11 is 0. The van der Waals surface area contributed by atoms with Crippen LogP contribution in [0, 0.1) is 6.92 Å². The molecule has 0 aliphatic carbocycles. The SMILES string of the molecule is Cc1ccc(CNC(C)CCC(=O)O)cc1. The van der Waals surface area contributed by atoms with Gasteiger partial charge in [0.25, 0.3) is 0 Å². The smallest absolute Gasteiger partial charge is 0.303 e. The highest BCUT2D eigenvalue weighted by molar-refractivity contribution is 5.66. The first-order valence-electron chi connectivity index (χ1n) is 5.58. The number of hydrogen-bond donors (Lipinski definition) is 2. The summed E-state index contributed by atoms with van der Waals surface area (Å²) in [5, 5.41) is 11.9. The van der Waals surface area contributed by atoms with Gasteiger partial charge in [0.15, 0.2) is 0 Å². The number of rotatable bonds is 6. The largest absolute Gasteiger partial charge is 0.481 e. The predicted molar refractivity (Wildman–Crippen MR) is 64.4 cm³/mol. The second-order valence-corrected chi connectivity index (χ2v) is 4.20. The fraction of sp³-hybridized carbons (Fsp3) is 0.462. The highest BCUT2D eigenvalue weighted by Gasteiger charge is 2.04. The molecule has 0 aromatic heterocycles. The molecule has 0 heterocycles. The number of carboxylic acids is 1. The molecule has 0 fully saturated rings. The summed E-state index contributed by atoms with van der Waals surface area (Å²) in [7, 11) is 0. The van der Waals surface area contributed by atoms with Crippen LogP contribution in [0.4, 0.5) is 0 Å². The van der Waals surface area contributed by atoms with Gasteiger partial charge < -0.3 is 10.4 Å². The van der Waals surface area contributed by atoms with Gasteiger partial charge in [0, 0.05) is 19.0 Å². The molecule has 1 rings (SSSR count). The average molecular weight is 221 g/mol. The van der Waals surface area contributed by atoms with E-state index < -0.39 is 5.97 Å². The summed E-state index contributed by atoms with van der Waals surface area (Å²) in [6.45, 7) is 4.87. The van der Waals surface area contributed by atoms with Gasteiger partial charge in [-0.1, -0.05) is 29.8 Å². The lowest BCUT2D eigenvalue weighted by atomic mass is 10.1. The minimum Gasteiger partial charge on any atom is -0.481 e. The quantitative estimate of drug-likeness (QED) is 0.775. The number of aryl methyl sites for hydroxylation is 1. The van der Waals surface area contributed by atoms with Crippen molar-refractivity contribution in [3.63, 3.8) is 0 Å². The predicted octanol–water partition coefficient (Wildman–Crippen LogP) is 2.34. The fourth-order valence-electron chi connectivity index (χ4n) is 1.44. The van der Waals surface area contributed by atoms with Crippen LogP contribution in [0.25, 0.3) is 0 Å². The third-order valence-electron chi connectivity index (χ3n) is 2.57. The van der Waals surface area contributed by atoms with E-state index in [1.165, 1.54) is 11.1 Å². The van der Waals surface area contributed by atoms with Crippen molar-refractivity contribution in [2.75, 3.05) is 0 Å². The van der Waals surface area contributed by atoms with Crippen molar-refractivity contribution in [3.8, 4) is 0 Å². The molecule has 3 heteroatoms. The molecule has 1 atom stereocenters. The van der Waals surface area contributed by atoms with E-state index in [0.717, 1.165) is 6.54 Å². The van der Waals surface area contributed by atoms with Crippen LogP contribution in [0.2, 0.25) is 0 Å². The van der Waals surface area contributed by atoms with Crippen molar-refractivity contribution in [1.29, 1.82) is 0 Å². The summed E-state index contributed by atoms with van der Waals surface area (Å²) in [6, 6.07) is 8.58. The number of aliphatic carboxylic acids is 1. The van der Waals surface area contributed by atoms with Gasteiger partial charge in [-0.05, 0) is 25.8 Å². The molecule has 0 radical (unpaired) electrons. The van der Waals surface area contributed by atoms with Gasteiger partial charge in [0.05, 0.1) is 0 Å². The van der Waals surface area contributed by atoms with Crippen LogP contribution >= 0.6 is 0 Å². The van der Waals surface area contributed by atoms with Crippen LogP contribution in [-0.4, -0.2) is 17.1 Å². The van der Waals surface area contributed by atoms with Gasteiger partial charge in [-0.3, -0.25) is 4.79 Å². The minimum atomic E-state index is -0.732. The molecule has 0 aliphatic heterocycles. The third kappa shape index (κ3) is 4.94. The van der Waals surface area contributed by atoms with Crippen molar-refractivity contribution in [3.05, 3.63) is 35.4 Å². The molecule has 0 saturated carbocycles. The first-order valence-corrected chi connectivity index (χ1v) is 5.58. The Balaban J connectivity index is 2.28. The van der Waals surface area contributed by atoms with Crippen LogP contribution in [-0.2, 0) is 11.3 Å². The molecule has 0 aliphatic rings. The number of nitrogens with one attached hydrogen (secondary N) is 1. The molecule has 0 spiro atoms. The first kappa shape index (κ1) is 12.7. The molecule has 88 valence electrons. The Hall–Kier alpha value is -1.35. The fourth-order valence-corrected chi connectivity index (χ4v) is 1.44. The number of carboxylic acid groups (broad SMARTS) is 1. The van der Waals surface area contributed by atoms with Crippen molar-refractivity contribution in [2.45, 2.75) is 39.3 Å². The Bertz CT molecular complexity index is 332. The van der Waals surface area contributed by atoms with Crippen LogP contribution in [0.15, 0.2) is 24.3 Å². The van der Waals surface area contributed by atoms with Crippen molar-refractivity contribution >= 4 is 5.97 Å². The standard InChI is InChI=1S/C13H19NO2/c1-10-3-6-12(7-4-10)9-14-11(2)5-8-13(15)16/h3-4,6-7,11,14H,5,8-9H2,1-2H3,(H,15,16). The highest BCUT2D eigenvalue weighted by Crippen LogP contribution is 2.04. The van der Waals surface area contributed by atoms with E-state index in [1.54, 1.807) is 0 Å². The summed E-state index contributed by atoms with van der Waals surface area (Å²) in [6.07, 6.45) is 0.892. The number of hydrogen-bond acceptors (Lipinski definition) is 2. The van der Waals surface area contributed by atoms with Gasteiger partial charge in [-0.25, -0.2) is 0 Å². The lowest BCUT2D eigenvalue weighted by Gasteiger charge is -2.12. The molecular formula is C13H19NO2. The van der Waals surface area contributed by atoms with Gasteiger partial charge in [-0.15, -0.1) is 0 Å². The lowest BCUT2D eigenvalue weighted by molar-refractivity contribution is -0.137. The van der Waals surface area contributed by atoms with E-state index in [1.807, 2.05) is 6.92 Å². The summed E-state index contributed by atoms with van der Waals surface area (Å²) < 4.78 is 0. The Morgan fingerprint density at radius 2 is 2.00 bits per heavy atom. The van der Waals surface area contributed by atoms with E-state index in [-0.39, 0.29) is 12.5 Å². The zero-order valence-electron chi connectivity index (χ0n) is 9.86. The normalized spacial score (nSPS) is 12.4. The Morgan fingerprint density at radius 3 is 2.56 bits per heavy atom. The number of carbonyl (C=O) groups is 1. The molecule has 0 saturated heterocycles. The van der Waals surface area contributed by atoms with E-state index in [4.69, 9.17) is 5.11 Å². The maximum absolute atomic E-state index is 10.4. The first-order chi connectivity index (χ1) is 7.58. The maximum Gasteiger partial charge on any atom is 0.303 e. The molecule has 16 heavy (non-hydrogen) atoms. The van der Waals surface area contributed by atoms with Gasteiger partial charge in [0.2, 0.25) is 0 Å². The van der Waals surface area contributed by atoms with Crippen molar-refractivity contribution < 1.29 is 9.90 Å². The Kier molecular flexibility index (Phi) is 4.99. The maximum atomic E-state index is 10.4. The molecule has 1 unspecified atom stereocenters. The van der Waals surface area contributed by atoms with Crippen molar-refractivity contribution in [2.24, 2.45) is 0 Å². The molecule has 2 N–H and O–H groups in total. The topological polar surface area (TPSA) is 49.3 Å². The van der Waals surface area contributed by atoms with Crippen LogP contribution in [0.1, 0.15) is 30.9 Å². The van der Waals surface area contributed by atoms with E-state index in [9.17, 15) is 4.79 Å². The summed E-state index contributed by atoms with van der Waals surface area (Å²) in [4.78, 5) is 10.4.